The molecule has 0 amide bonds. The lowest BCUT2D eigenvalue weighted by molar-refractivity contribution is 0.409. The number of sulfonamides is 1. The average Bonchev–Trinajstić information content (AvgIpc) is 2.47. The van der Waals surface area contributed by atoms with Crippen molar-refractivity contribution in [3.63, 3.8) is 0 Å². The maximum Gasteiger partial charge on any atom is 0.242 e. The van der Waals surface area contributed by atoms with Crippen LogP contribution in [0.4, 0.5) is 0 Å². The van der Waals surface area contributed by atoms with Crippen molar-refractivity contribution in [1.82, 2.24) is 4.72 Å². The summed E-state index contributed by atoms with van der Waals surface area (Å²) in [4.78, 5) is 0.0670. The maximum absolute atomic E-state index is 12.3. The van der Waals surface area contributed by atoms with E-state index in [1.165, 1.54) is 6.07 Å². The largest absolute Gasteiger partial charge is 0.496 e. The van der Waals surface area contributed by atoms with Gasteiger partial charge in [0.2, 0.25) is 10.0 Å². The molecule has 0 aliphatic heterocycles. The molecule has 0 unspecified atom stereocenters. The topological polar surface area (TPSA) is 55.4 Å². The lowest BCUT2D eigenvalue weighted by Crippen LogP contribution is -2.26. The van der Waals surface area contributed by atoms with Gasteiger partial charge in [0.05, 0.1) is 12.1 Å². The minimum Gasteiger partial charge on any atom is -0.496 e. The summed E-state index contributed by atoms with van der Waals surface area (Å²) in [6.45, 7) is 0.259. The van der Waals surface area contributed by atoms with E-state index in [0.29, 0.717) is 6.42 Å². The van der Waals surface area contributed by atoms with Gasteiger partial charge in [0.25, 0.3) is 0 Å². The van der Waals surface area contributed by atoms with Crippen LogP contribution in [0.5, 0.6) is 5.75 Å². The van der Waals surface area contributed by atoms with Gasteiger partial charge in [0, 0.05) is 11.0 Å². The van der Waals surface area contributed by atoms with E-state index in [9.17, 15) is 8.42 Å². The van der Waals surface area contributed by atoms with Gasteiger partial charge in [-0.1, -0.05) is 45.7 Å². The predicted octanol–water partition coefficient (Wildman–Crippen LogP) is 3.63. The van der Waals surface area contributed by atoms with E-state index < -0.39 is 10.0 Å². The number of hydrogen-bond donors (Lipinski definition) is 1. The number of ether oxygens (including phenoxy) is 1. The van der Waals surface area contributed by atoms with E-state index in [2.05, 4.69) is 20.7 Å². The molecule has 0 aromatic heterocycles. The van der Waals surface area contributed by atoms with Crippen LogP contribution in [-0.2, 0) is 16.4 Å². The molecule has 1 N–H and O–H groups in total. The molecular formula is C15H15BrClNO3S. The van der Waals surface area contributed by atoms with Gasteiger partial charge >= 0.3 is 0 Å². The fraction of sp³-hybridized carbons (Fsp3) is 0.200. The maximum atomic E-state index is 12.3. The monoisotopic (exact) mass is 403 g/mol. The first-order valence-electron chi connectivity index (χ1n) is 6.50. The van der Waals surface area contributed by atoms with Crippen LogP contribution in [0.3, 0.4) is 0 Å². The molecule has 0 saturated carbocycles. The Morgan fingerprint density at radius 3 is 2.64 bits per heavy atom. The van der Waals surface area contributed by atoms with Crippen LogP contribution in [0.15, 0.2) is 51.8 Å². The normalized spacial score (nSPS) is 11.4. The van der Waals surface area contributed by atoms with Crippen molar-refractivity contribution in [3.8, 4) is 5.75 Å². The molecule has 0 spiro atoms. The quantitative estimate of drug-likeness (QED) is 0.800. The lowest BCUT2D eigenvalue weighted by atomic mass is 10.1. The third-order valence-corrected chi connectivity index (χ3v) is 5.50. The Labute approximate surface area is 143 Å². The summed E-state index contributed by atoms with van der Waals surface area (Å²) in [6.07, 6.45) is 0.525. The highest BCUT2D eigenvalue weighted by Gasteiger charge is 2.17. The molecule has 0 saturated heterocycles. The Kier molecular flexibility index (Phi) is 5.86. The van der Waals surface area contributed by atoms with Crippen LogP contribution in [0.25, 0.3) is 0 Å². The van der Waals surface area contributed by atoms with Crippen molar-refractivity contribution in [2.75, 3.05) is 13.7 Å². The van der Waals surface area contributed by atoms with Gasteiger partial charge in [-0.25, -0.2) is 13.1 Å². The average molecular weight is 405 g/mol. The van der Waals surface area contributed by atoms with Crippen molar-refractivity contribution in [2.24, 2.45) is 0 Å². The fourth-order valence-corrected chi connectivity index (χ4v) is 4.07. The van der Waals surface area contributed by atoms with Crippen LogP contribution in [0.1, 0.15) is 5.56 Å². The Morgan fingerprint density at radius 1 is 1.23 bits per heavy atom. The molecule has 0 atom stereocenters. The highest BCUT2D eigenvalue weighted by molar-refractivity contribution is 9.10. The van der Waals surface area contributed by atoms with E-state index in [1.54, 1.807) is 19.2 Å². The number of benzene rings is 2. The van der Waals surface area contributed by atoms with Crippen LogP contribution in [0.2, 0.25) is 5.02 Å². The molecule has 0 bridgehead atoms. The highest BCUT2D eigenvalue weighted by Crippen LogP contribution is 2.25. The number of nitrogens with one attached hydrogen (secondary N) is 1. The Hall–Kier alpha value is -1.08. The van der Waals surface area contributed by atoms with Crippen LogP contribution < -0.4 is 9.46 Å². The molecule has 0 aliphatic rings. The van der Waals surface area contributed by atoms with Crippen molar-refractivity contribution < 1.29 is 13.2 Å². The first kappa shape index (κ1) is 17.3. The summed E-state index contributed by atoms with van der Waals surface area (Å²) in [5.74, 6) is 0.739. The summed E-state index contributed by atoms with van der Waals surface area (Å²) < 4.78 is 33.1. The smallest absolute Gasteiger partial charge is 0.242 e. The minimum absolute atomic E-state index is 0.0670. The molecule has 0 fully saturated rings. The van der Waals surface area contributed by atoms with Gasteiger partial charge < -0.3 is 4.74 Å². The Balaban J connectivity index is 2.07. The molecule has 0 aliphatic carbocycles. The second-order valence-electron chi connectivity index (χ2n) is 4.53. The summed E-state index contributed by atoms with van der Waals surface area (Å²) in [5.41, 5.74) is 0.939. The molecule has 0 heterocycles. The van der Waals surface area contributed by atoms with Gasteiger partial charge in [-0.15, -0.1) is 0 Å². The lowest BCUT2D eigenvalue weighted by Gasteiger charge is -2.10. The zero-order chi connectivity index (χ0) is 16.2. The van der Waals surface area contributed by atoms with Crippen molar-refractivity contribution in [3.05, 3.63) is 57.5 Å². The first-order valence-corrected chi connectivity index (χ1v) is 9.16. The molecule has 2 rings (SSSR count). The molecule has 22 heavy (non-hydrogen) atoms. The van der Waals surface area contributed by atoms with Crippen molar-refractivity contribution in [1.29, 1.82) is 0 Å². The number of halogens is 2. The molecule has 2 aromatic rings. The van der Waals surface area contributed by atoms with Gasteiger partial charge in [0.15, 0.2) is 0 Å². The standard InChI is InChI=1S/C15H15BrClNO3S/c1-21-14-5-3-2-4-11(14)8-9-18-22(19,20)15-7-6-12(16)10-13(15)17/h2-7,10,18H,8-9H2,1H3. The molecule has 118 valence electrons. The van der Waals surface area contributed by atoms with E-state index in [4.69, 9.17) is 16.3 Å². The number of hydrogen-bond acceptors (Lipinski definition) is 3. The zero-order valence-corrected chi connectivity index (χ0v) is 15.0. The van der Waals surface area contributed by atoms with Crippen LogP contribution in [0, 0.1) is 0 Å². The zero-order valence-electron chi connectivity index (χ0n) is 11.8. The fourth-order valence-electron chi connectivity index (χ4n) is 2.00. The number of methoxy groups -OCH3 is 1. The van der Waals surface area contributed by atoms with Crippen LogP contribution >= 0.6 is 27.5 Å². The second-order valence-corrected chi connectivity index (χ2v) is 7.59. The number of para-hydroxylation sites is 1. The second kappa shape index (κ2) is 7.46. The van der Waals surface area contributed by atoms with E-state index in [1.807, 2.05) is 24.3 Å². The van der Waals surface area contributed by atoms with Gasteiger partial charge in [-0.05, 0) is 36.2 Å². The van der Waals surface area contributed by atoms with Gasteiger partial charge in [-0.2, -0.15) is 0 Å². The molecule has 4 nitrogen and oxygen atoms in total. The Morgan fingerprint density at radius 2 is 1.95 bits per heavy atom. The molecule has 7 heteroatoms. The van der Waals surface area contributed by atoms with Crippen molar-refractivity contribution >= 4 is 37.6 Å². The van der Waals surface area contributed by atoms with Gasteiger partial charge in [-0.3, -0.25) is 0 Å². The molecular weight excluding hydrogens is 390 g/mol. The third kappa shape index (κ3) is 4.23. The summed E-state index contributed by atoms with van der Waals surface area (Å²) in [6, 6.07) is 12.2. The van der Waals surface area contributed by atoms with E-state index in [0.717, 1.165) is 15.8 Å². The summed E-state index contributed by atoms with van der Waals surface area (Å²) in [7, 11) is -2.05. The number of rotatable bonds is 6. The third-order valence-electron chi connectivity index (χ3n) is 3.06. The highest BCUT2D eigenvalue weighted by atomic mass is 79.9. The molecule has 0 radical (unpaired) electrons. The SMILES string of the molecule is COc1ccccc1CCNS(=O)(=O)c1ccc(Br)cc1Cl. The van der Waals surface area contributed by atoms with E-state index in [-0.39, 0.29) is 16.5 Å². The summed E-state index contributed by atoms with van der Waals surface area (Å²) in [5, 5.41) is 0.180. The van der Waals surface area contributed by atoms with Crippen LogP contribution in [-0.4, -0.2) is 22.1 Å². The first-order chi connectivity index (χ1) is 10.4. The Bertz CT molecular complexity index is 765. The van der Waals surface area contributed by atoms with Crippen molar-refractivity contribution in [2.45, 2.75) is 11.3 Å². The van der Waals surface area contributed by atoms with E-state index >= 15 is 0 Å². The van der Waals surface area contributed by atoms with Gasteiger partial charge in [0.1, 0.15) is 10.6 Å². The minimum atomic E-state index is -3.64. The summed E-state index contributed by atoms with van der Waals surface area (Å²) >= 11 is 9.24. The molecule has 2 aromatic carbocycles. The predicted molar refractivity (Wildman–Crippen MR) is 91.0 cm³/mol.